The fourth-order valence-corrected chi connectivity index (χ4v) is 13.3. The number of nitrogens with zero attached hydrogens (tertiary/aromatic N) is 5. The predicted molar refractivity (Wildman–Crippen MR) is 272 cm³/mol. The lowest BCUT2D eigenvalue weighted by molar-refractivity contribution is -0.384. The summed E-state index contributed by atoms with van der Waals surface area (Å²) >= 11 is 0. The van der Waals surface area contributed by atoms with E-state index in [0.717, 1.165) is 76.0 Å². The van der Waals surface area contributed by atoms with E-state index >= 15 is 4.39 Å². The SMILES string of the molecule is CC(C)c1ccccc1[C@@H]1CN(C(=O)C2CC2)CCN1C1CC2(CCN(c3ccc(C(=O)NS(=O)(=O)c4cc5c(c([N+](=O)[O-])c4)N[C@@H]([C@H]4CC[C@](C)(O)CC4)CO5)c(Oc4cc5c(F)c[nH]c5nc4F)c3)CC2)C1. The summed E-state index contributed by atoms with van der Waals surface area (Å²) in [5.41, 5.74) is 1.62. The number of hydrogen-bond donors (Lipinski definition) is 4. The van der Waals surface area contributed by atoms with Crippen LogP contribution in [0, 0.1) is 39.1 Å². The third kappa shape index (κ3) is 9.64. The Hall–Kier alpha value is -6.38. The minimum absolute atomic E-state index is 0.0143. The van der Waals surface area contributed by atoms with Gasteiger partial charge in [-0.3, -0.25) is 24.6 Å². The number of amides is 2. The summed E-state index contributed by atoms with van der Waals surface area (Å²) in [6.45, 7) is 9.85. The number of pyridine rings is 1. The number of fused-ring (bicyclic) bond motifs is 2. The quantitative estimate of drug-likeness (QED) is 0.0523. The highest BCUT2D eigenvalue weighted by atomic mass is 32.2. The molecule has 0 unspecified atom stereocenters. The van der Waals surface area contributed by atoms with Crippen LogP contribution in [0.5, 0.6) is 17.2 Å². The van der Waals surface area contributed by atoms with E-state index in [0.29, 0.717) is 63.0 Å². The molecule has 20 heteroatoms. The molecular formula is C54H62F2N8O9S. The number of rotatable bonds is 12. The van der Waals surface area contributed by atoms with Gasteiger partial charge in [0.1, 0.15) is 23.8 Å². The maximum atomic E-state index is 15.6. The van der Waals surface area contributed by atoms with Gasteiger partial charge >= 0.3 is 0 Å². The van der Waals surface area contributed by atoms with E-state index in [2.05, 4.69) is 68.1 Å². The Bertz CT molecular complexity index is 3140. The first kappa shape index (κ1) is 49.8. The second-order valence-corrected chi connectivity index (χ2v) is 23.8. The van der Waals surface area contributed by atoms with Crippen LogP contribution in [0.3, 0.4) is 0 Å². The summed E-state index contributed by atoms with van der Waals surface area (Å²) in [4.78, 5) is 51.9. The third-order valence-corrected chi connectivity index (χ3v) is 18.1. The van der Waals surface area contributed by atoms with Crippen molar-refractivity contribution in [1.29, 1.82) is 0 Å². The van der Waals surface area contributed by atoms with E-state index in [-0.39, 0.29) is 75.6 Å². The van der Waals surface area contributed by atoms with Gasteiger partial charge in [-0.1, -0.05) is 38.1 Å². The Morgan fingerprint density at radius 1 is 0.973 bits per heavy atom. The van der Waals surface area contributed by atoms with Crippen molar-refractivity contribution in [3.63, 3.8) is 0 Å². The molecule has 2 atom stereocenters. The molecule has 3 saturated carbocycles. The summed E-state index contributed by atoms with van der Waals surface area (Å²) in [5.74, 6) is -2.98. The van der Waals surface area contributed by atoms with E-state index in [9.17, 15) is 37.6 Å². The lowest BCUT2D eigenvalue weighted by atomic mass is 9.59. The van der Waals surface area contributed by atoms with Gasteiger partial charge in [0.05, 0.1) is 38.5 Å². The summed E-state index contributed by atoms with van der Waals surface area (Å²) in [5, 5.41) is 26.0. The highest BCUT2D eigenvalue weighted by Crippen LogP contribution is 2.54. The highest BCUT2D eigenvalue weighted by Gasteiger charge is 2.51. The zero-order valence-corrected chi connectivity index (χ0v) is 42.6. The van der Waals surface area contributed by atoms with Crippen molar-refractivity contribution in [3.05, 3.63) is 105 Å². The van der Waals surface area contributed by atoms with Crippen LogP contribution in [0.15, 0.2) is 71.8 Å². The van der Waals surface area contributed by atoms with Gasteiger partial charge in [-0.05, 0) is 118 Å². The molecule has 2 amide bonds. The van der Waals surface area contributed by atoms with Crippen molar-refractivity contribution in [2.45, 2.75) is 120 Å². The number of carbonyl (C=O) groups excluding carboxylic acids is 2. The average Bonchev–Trinajstić information content (AvgIpc) is 4.17. The number of piperazine rings is 1. The van der Waals surface area contributed by atoms with E-state index < -0.39 is 54.6 Å². The van der Waals surface area contributed by atoms with Gasteiger partial charge in [-0.25, -0.2) is 17.5 Å². The van der Waals surface area contributed by atoms with Crippen LogP contribution < -0.4 is 24.4 Å². The highest BCUT2D eigenvalue weighted by molar-refractivity contribution is 7.90. The molecule has 11 rings (SSSR count). The fraction of sp³-hybridized carbons (Fsp3) is 0.500. The largest absolute Gasteiger partial charge is 0.489 e. The second kappa shape index (κ2) is 19.1. The van der Waals surface area contributed by atoms with Gasteiger partial charge in [-0.15, -0.1) is 0 Å². The first-order valence-corrected chi connectivity index (χ1v) is 27.4. The number of hydrogen-bond acceptors (Lipinski definition) is 13. The predicted octanol–water partition coefficient (Wildman–Crippen LogP) is 8.94. The van der Waals surface area contributed by atoms with E-state index in [4.69, 9.17) is 9.47 Å². The molecule has 3 aliphatic heterocycles. The Kier molecular flexibility index (Phi) is 12.8. The molecule has 6 aliphatic rings. The number of benzene rings is 3. The Balaban J connectivity index is 0.817. The molecule has 0 bridgehead atoms. The minimum Gasteiger partial charge on any atom is -0.489 e. The zero-order valence-electron chi connectivity index (χ0n) is 41.7. The van der Waals surface area contributed by atoms with Crippen LogP contribution in [0.25, 0.3) is 11.0 Å². The minimum atomic E-state index is -4.82. The van der Waals surface area contributed by atoms with Crippen molar-refractivity contribution in [1.82, 2.24) is 24.5 Å². The van der Waals surface area contributed by atoms with Gasteiger partial charge < -0.3 is 34.7 Å². The monoisotopic (exact) mass is 1040 g/mol. The number of aromatic nitrogens is 2. The van der Waals surface area contributed by atoms with Crippen LogP contribution in [0.2, 0.25) is 0 Å². The third-order valence-electron chi connectivity index (χ3n) is 16.8. The maximum absolute atomic E-state index is 15.6. The summed E-state index contributed by atoms with van der Waals surface area (Å²) in [7, 11) is -4.82. The smallest absolute Gasteiger partial charge is 0.297 e. The molecule has 2 saturated heterocycles. The number of aromatic amines is 1. The van der Waals surface area contributed by atoms with E-state index in [1.807, 2.05) is 4.72 Å². The van der Waals surface area contributed by atoms with Crippen molar-refractivity contribution in [2.24, 2.45) is 17.3 Å². The maximum Gasteiger partial charge on any atom is 0.297 e. The number of nitrogens with one attached hydrogen (secondary N) is 3. The molecule has 5 aromatic rings. The molecule has 2 aromatic heterocycles. The first-order valence-electron chi connectivity index (χ1n) is 25.9. The van der Waals surface area contributed by atoms with Crippen LogP contribution in [-0.4, -0.2) is 107 Å². The summed E-state index contributed by atoms with van der Waals surface area (Å²) < 4.78 is 72.4. The van der Waals surface area contributed by atoms with Gasteiger partial charge in [0.2, 0.25) is 5.91 Å². The number of halogens is 2. The number of anilines is 2. The molecule has 3 aliphatic carbocycles. The number of nitro benzene ring substituents is 1. The number of carbonyl (C=O) groups is 2. The lowest BCUT2D eigenvalue weighted by Crippen LogP contribution is -2.60. The van der Waals surface area contributed by atoms with Crippen molar-refractivity contribution >= 4 is 49.9 Å². The van der Waals surface area contributed by atoms with Crippen LogP contribution in [0.1, 0.15) is 118 Å². The molecule has 3 aromatic carbocycles. The van der Waals surface area contributed by atoms with Crippen LogP contribution in [-0.2, 0) is 14.8 Å². The molecule has 392 valence electrons. The number of sulfonamides is 1. The van der Waals surface area contributed by atoms with E-state index in [1.54, 1.807) is 13.0 Å². The van der Waals surface area contributed by atoms with Crippen LogP contribution >= 0.6 is 0 Å². The Morgan fingerprint density at radius 2 is 1.72 bits per heavy atom. The fourth-order valence-electron chi connectivity index (χ4n) is 12.3. The Morgan fingerprint density at radius 3 is 2.43 bits per heavy atom. The van der Waals surface area contributed by atoms with Crippen molar-refractivity contribution < 1.29 is 46.3 Å². The molecule has 17 nitrogen and oxygen atoms in total. The van der Waals surface area contributed by atoms with Gasteiger partial charge in [-0.2, -0.15) is 9.37 Å². The standard InChI is InChI=1S/C54H62F2N8O9S/c1-31(2)37-6-4-5-7-38(37)44-29-62(52(66)33-8-9-33)20-21-63(44)35-26-54(27-35)16-18-61(19-17-54)34-10-11-39(45(22-34)73-47-25-40-41(55)28-57-50(40)59-49(47)56)51(65)60-74(70,71)36-23-43(64(68)69)48-46(24-36)72-30-42(58-48)32-12-14-53(3,67)15-13-32/h4-7,10-11,22-25,28,31-33,35,42,44,58,67H,8-9,12-21,26-27,29-30H2,1-3H3,(H,57,59)(H,60,65)/t32-,42-,44+,53-/m1/s1. The average molecular weight is 1040 g/mol. The molecule has 1 spiro atoms. The number of ether oxygens (including phenoxy) is 2. The second-order valence-electron chi connectivity index (χ2n) is 22.1. The number of nitro groups is 1. The number of H-pyrrole nitrogens is 1. The van der Waals surface area contributed by atoms with Crippen LogP contribution in [0.4, 0.5) is 25.8 Å². The van der Waals surface area contributed by atoms with Gasteiger partial charge in [0, 0.05) is 74.8 Å². The summed E-state index contributed by atoms with van der Waals surface area (Å²) in [6.07, 6.45) is 9.24. The molecule has 4 N–H and O–H groups in total. The number of piperidine rings is 1. The topological polar surface area (TPSA) is 213 Å². The van der Waals surface area contributed by atoms with Gasteiger partial charge in [0.15, 0.2) is 17.2 Å². The van der Waals surface area contributed by atoms with E-state index in [1.165, 1.54) is 23.3 Å². The lowest BCUT2D eigenvalue weighted by Gasteiger charge is -2.58. The van der Waals surface area contributed by atoms with Crippen molar-refractivity contribution in [3.8, 4) is 17.2 Å². The van der Waals surface area contributed by atoms with Gasteiger partial charge in [0.25, 0.3) is 27.6 Å². The summed E-state index contributed by atoms with van der Waals surface area (Å²) in [6, 6.07) is 16.4. The molecule has 74 heavy (non-hydrogen) atoms. The molecule has 5 fully saturated rings. The normalized spacial score (nSPS) is 24.2. The van der Waals surface area contributed by atoms with Crippen molar-refractivity contribution in [2.75, 3.05) is 49.5 Å². The molecular weight excluding hydrogens is 975 g/mol. The molecule has 5 heterocycles. The molecule has 0 radical (unpaired) electrons. The first-order chi connectivity index (χ1) is 35.3. The zero-order chi connectivity index (χ0) is 51.8. The number of aliphatic hydroxyl groups is 1. The Labute approximate surface area is 428 Å².